The molecule has 1 aromatic heterocycles. The highest BCUT2D eigenvalue weighted by Crippen LogP contribution is 2.39. The normalized spacial score (nSPS) is 11.9. The molecule has 0 saturated carbocycles. The molecule has 0 bridgehead atoms. The van der Waals surface area contributed by atoms with E-state index in [4.69, 9.17) is 0 Å². The molecular formula is C14H18S. The summed E-state index contributed by atoms with van der Waals surface area (Å²) >= 11 is 1.96. The van der Waals surface area contributed by atoms with Gasteiger partial charge >= 0.3 is 0 Å². The Morgan fingerprint density at radius 1 is 0.933 bits per heavy atom. The van der Waals surface area contributed by atoms with Gasteiger partial charge in [0.1, 0.15) is 0 Å². The highest BCUT2D eigenvalue weighted by atomic mass is 32.1. The molecule has 1 heteroatoms. The van der Waals surface area contributed by atoms with E-state index in [1.54, 1.807) is 10.4 Å². The van der Waals surface area contributed by atoms with Gasteiger partial charge < -0.3 is 0 Å². The van der Waals surface area contributed by atoms with Crippen molar-refractivity contribution in [2.24, 2.45) is 0 Å². The third-order valence-electron chi connectivity index (χ3n) is 2.76. The minimum Gasteiger partial charge on any atom is -0.140 e. The van der Waals surface area contributed by atoms with Crippen LogP contribution in [0.2, 0.25) is 0 Å². The zero-order valence-corrected chi connectivity index (χ0v) is 10.7. The third-order valence-corrected chi connectivity index (χ3v) is 4.25. The van der Waals surface area contributed by atoms with Crippen LogP contribution in [0, 0.1) is 0 Å². The lowest BCUT2D eigenvalue weighted by atomic mass is 9.95. The smallest absolute Gasteiger partial charge is 0.0348 e. The Balaban J connectivity index is 2.75. The summed E-state index contributed by atoms with van der Waals surface area (Å²) in [6, 6.07) is 8.77. The van der Waals surface area contributed by atoms with Crippen molar-refractivity contribution in [2.45, 2.75) is 39.5 Å². The summed E-state index contributed by atoms with van der Waals surface area (Å²) in [5.41, 5.74) is 1.56. The molecule has 0 amide bonds. The second-order valence-corrected chi connectivity index (χ2v) is 5.77. The van der Waals surface area contributed by atoms with Crippen molar-refractivity contribution in [2.75, 3.05) is 0 Å². The van der Waals surface area contributed by atoms with Crippen LogP contribution in [0.25, 0.3) is 10.1 Å². The standard InChI is InChI=1S/C14H18S/c1-9(2)13-11-7-5-6-8-12(11)15-14(13)10(3)4/h5-10H,1-4H3. The lowest BCUT2D eigenvalue weighted by Crippen LogP contribution is -1.93. The van der Waals surface area contributed by atoms with Crippen molar-refractivity contribution in [3.05, 3.63) is 34.7 Å². The van der Waals surface area contributed by atoms with Gasteiger partial charge in [-0.15, -0.1) is 11.3 Å². The van der Waals surface area contributed by atoms with Crippen LogP contribution in [-0.4, -0.2) is 0 Å². The van der Waals surface area contributed by atoms with Crippen molar-refractivity contribution < 1.29 is 0 Å². The van der Waals surface area contributed by atoms with Crippen LogP contribution in [0.3, 0.4) is 0 Å². The molecule has 0 unspecified atom stereocenters. The van der Waals surface area contributed by atoms with Crippen molar-refractivity contribution in [1.82, 2.24) is 0 Å². The van der Waals surface area contributed by atoms with E-state index in [0.717, 1.165) is 0 Å². The zero-order valence-electron chi connectivity index (χ0n) is 9.87. The van der Waals surface area contributed by atoms with Crippen molar-refractivity contribution in [3.8, 4) is 0 Å². The highest BCUT2D eigenvalue weighted by Gasteiger charge is 2.16. The molecular weight excluding hydrogens is 200 g/mol. The average Bonchev–Trinajstić information content (AvgIpc) is 2.56. The van der Waals surface area contributed by atoms with Crippen LogP contribution in [-0.2, 0) is 0 Å². The van der Waals surface area contributed by atoms with E-state index in [9.17, 15) is 0 Å². The molecule has 0 aliphatic carbocycles. The fourth-order valence-corrected chi connectivity index (χ4v) is 3.47. The number of hydrogen-bond donors (Lipinski definition) is 0. The Bertz CT molecular complexity index is 463. The zero-order chi connectivity index (χ0) is 11.0. The predicted octanol–water partition coefficient (Wildman–Crippen LogP) is 5.15. The van der Waals surface area contributed by atoms with Gasteiger partial charge in [0.2, 0.25) is 0 Å². The van der Waals surface area contributed by atoms with Crippen LogP contribution < -0.4 is 0 Å². The number of hydrogen-bond acceptors (Lipinski definition) is 1. The average molecular weight is 218 g/mol. The van der Waals surface area contributed by atoms with Gasteiger partial charge in [0, 0.05) is 9.58 Å². The van der Waals surface area contributed by atoms with Crippen LogP contribution in [0.5, 0.6) is 0 Å². The van der Waals surface area contributed by atoms with Gasteiger partial charge in [-0.2, -0.15) is 0 Å². The summed E-state index contributed by atoms with van der Waals surface area (Å²) in [4.78, 5) is 1.56. The van der Waals surface area contributed by atoms with Crippen LogP contribution in [0.1, 0.15) is 50.0 Å². The minimum atomic E-state index is 0.624. The molecule has 0 fully saturated rings. The molecule has 2 aromatic rings. The first-order valence-corrected chi connectivity index (χ1v) is 6.44. The minimum absolute atomic E-state index is 0.624. The Morgan fingerprint density at radius 3 is 2.20 bits per heavy atom. The maximum atomic E-state index is 2.29. The number of rotatable bonds is 2. The first kappa shape index (κ1) is 10.7. The molecule has 0 spiro atoms. The van der Waals surface area contributed by atoms with Gasteiger partial charge in [-0.1, -0.05) is 45.9 Å². The van der Waals surface area contributed by atoms with Gasteiger partial charge in [-0.3, -0.25) is 0 Å². The van der Waals surface area contributed by atoms with Gasteiger partial charge in [0.05, 0.1) is 0 Å². The highest BCUT2D eigenvalue weighted by molar-refractivity contribution is 7.19. The maximum Gasteiger partial charge on any atom is 0.0348 e. The molecule has 2 rings (SSSR count). The SMILES string of the molecule is CC(C)c1sc2ccccc2c1C(C)C. The summed E-state index contributed by atoms with van der Waals surface area (Å²) in [6.07, 6.45) is 0. The van der Waals surface area contributed by atoms with Crippen LogP contribution in [0.15, 0.2) is 24.3 Å². The number of fused-ring (bicyclic) bond motifs is 1. The van der Waals surface area contributed by atoms with E-state index in [1.165, 1.54) is 10.1 Å². The van der Waals surface area contributed by atoms with Crippen LogP contribution in [0.4, 0.5) is 0 Å². The Morgan fingerprint density at radius 2 is 1.60 bits per heavy atom. The summed E-state index contributed by atoms with van der Waals surface area (Å²) in [5, 5.41) is 1.46. The quantitative estimate of drug-likeness (QED) is 0.654. The molecule has 0 nitrogen and oxygen atoms in total. The molecule has 0 saturated heterocycles. The fraction of sp³-hybridized carbons (Fsp3) is 0.429. The van der Waals surface area contributed by atoms with E-state index in [2.05, 4.69) is 52.0 Å². The Labute approximate surface area is 95.9 Å². The maximum absolute atomic E-state index is 2.29. The molecule has 15 heavy (non-hydrogen) atoms. The van der Waals surface area contributed by atoms with E-state index >= 15 is 0 Å². The van der Waals surface area contributed by atoms with Crippen molar-refractivity contribution in [3.63, 3.8) is 0 Å². The Kier molecular flexibility index (Phi) is 2.83. The predicted molar refractivity (Wildman–Crippen MR) is 70.0 cm³/mol. The lowest BCUT2D eigenvalue weighted by Gasteiger charge is -2.10. The molecule has 0 atom stereocenters. The summed E-state index contributed by atoms with van der Waals surface area (Å²) in [6.45, 7) is 9.16. The summed E-state index contributed by atoms with van der Waals surface area (Å²) < 4.78 is 1.44. The van der Waals surface area contributed by atoms with Gasteiger partial charge in [0.15, 0.2) is 0 Å². The molecule has 0 radical (unpaired) electrons. The molecule has 0 N–H and O–H groups in total. The van der Waals surface area contributed by atoms with Gasteiger partial charge in [-0.25, -0.2) is 0 Å². The van der Waals surface area contributed by atoms with E-state index < -0.39 is 0 Å². The number of thiophene rings is 1. The molecule has 1 heterocycles. The first-order valence-electron chi connectivity index (χ1n) is 5.62. The van der Waals surface area contributed by atoms with E-state index in [-0.39, 0.29) is 0 Å². The van der Waals surface area contributed by atoms with E-state index in [1.807, 2.05) is 11.3 Å². The second-order valence-electron chi connectivity index (χ2n) is 4.69. The number of benzene rings is 1. The molecule has 0 aliphatic heterocycles. The summed E-state index contributed by atoms with van der Waals surface area (Å²) in [7, 11) is 0. The van der Waals surface area contributed by atoms with Crippen molar-refractivity contribution in [1.29, 1.82) is 0 Å². The molecule has 0 aliphatic rings. The lowest BCUT2D eigenvalue weighted by molar-refractivity contribution is 0.815. The second kappa shape index (κ2) is 3.97. The van der Waals surface area contributed by atoms with Crippen LogP contribution >= 0.6 is 11.3 Å². The van der Waals surface area contributed by atoms with E-state index in [0.29, 0.717) is 11.8 Å². The largest absolute Gasteiger partial charge is 0.140 e. The first-order chi connectivity index (χ1) is 7.11. The van der Waals surface area contributed by atoms with Gasteiger partial charge in [0.25, 0.3) is 0 Å². The van der Waals surface area contributed by atoms with Crippen molar-refractivity contribution >= 4 is 21.4 Å². The molecule has 1 aromatic carbocycles. The topological polar surface area (TPSA) is 0 Å². The fourth-order valence-electron chi connectivity index (χ4n) is 2.11. The third kappa shape index (κ3) is 1.81. The summed E-state index contributed by atoms with van der Waals surface area (Å²) in [5.74, 6) is 1.26. The monoisotopic (exact) mass is 218 g/mol. The molecule has 80 valence electrons. The Hall–Kier alpha value is -0.820. The van der Waals surface area contributed by atoms with Gasteiger partial charge in [-0.05, 0) is 28.9 Å².